The molecule has 1 atom stereocenters. The van der Waals surface area contributed by atoms with Crippen molar-refractivity contribution in [3.05, 3.63) is 146 Å². The molecule has 0 N–H and O–H groups in total. The van der Waals surface area contributed by atoms with E-state index in [-0.39, 0.29) is 31.1 Å². The van der Waals surface area contributed by atoms with Gasteiger partial charge in [-0.2, -0.15) is 0 Å². The predicted octanol–water partition coefficient (Wildman–Crippen LogP) is 16.5. The van der Waals surface area contributed by atoms with Crippen LogP contribution in [0.3, 0.4) is 0 Å². The minimum atomic E-state index is -0.818. The quantitative estimate of drug-likeness (QED) is 0.0200. The zero-order valence-electron chi connectivity index (χ0n) is 40.5. The van der Waals surface area contributed by atoms with Crippen LogP contribution < -0.4 is 0 Å². The molecule has 0 aliphatic rings. The maximum absolute atomic E-state index is 12.8. The molecule has 0 amide bonds. The molecule has 0 saturated carbocycles. The van der Waals surface area contributed by atoms with Crippen molar-refractivity contribution < 1.29 is 28.6 Å². The van der Waals surface area contributed by atoms with E-state index in [2.05, 4.69) is 99.8 Å². The van der Waals surface area contributed by atoms with Crippen LogP contribution in [0, 0.1) is 0 Å². The molecule has 0 aliphatic carbocycles. The molecule has 0 radical (unpaired) electrons. The van der Waals surface area contributed by atoms with Gasteiger partial charge in [0.15, 0.2) is 6.10 Å². The number of carbonyl (C=O) groups is 3. The van der Waals surface area contributed by atoms with Gasteiger partial charge in [0.05, 0.1) is 0 Å². The summed E-state index contributed by atoms with van der Waals surface area (Å²) in [4.78, 5) is 38.0. The first kappa shape index (κ1) is 59.3. The Labute approximate surface area is 391 Å². The number of rotatable bonds is 42. The molecule has 0 aromatic heterocycles. The normalized spacial score (nSPS) is 13.4. The lowest BCUT2D eigenvalue weighted by molar-refractivity contribution is -0.167. The molecule has 356 valence electrons. The number of hydrogen-bond acceptors (Lipinski definition) is 6. The fraction of sp³-hybridized carbons (Fsp3) is 0.534. The number of unbranched alkanes of at least 4 members (excludes halogenated alkanes) is 14. The van der Waals surface area contributed by atoms with Crippen LogP contribution in [0.1, 0.15) is 181 Å². The van der Waals surface area contributed by atoms with Crippen LogP contribution in [-0.2, 0) is 28.6 Å². The average molecular weight is 881 g/mol. The van der Waals surface area contributed by atoms with Gasteiger partial charge >= 0.3 is 17.9 Å². The Kier molecular flexibility index (Phi) is 47.2. The second-order valence-corrected chi connectivity index (χ2v) is 15.8. The van der Waals surface area contributed by atoms with Gasteiger partial charge in [0.2, 0.25) is 0 Å². The minimum Gasteiger partial charge on any atom is -0.462 e. The van der Waals surface area contributed by atoms with Gasteiger partial charge < -0.3 is 14.2 Å². The van der Waals surface area contributed by atoms with E-state index in [1.807, 2.05) is 66.8 Å². The highest BCUT2D eigenvalue weighted by Gasteiger charge is 2.19. The van der Waals surface area contributed by atoms with Crippen LogP contribution in [0.4, 0.5) is 0 Å². The molecule has 0 rings (SSSR count). The number of ether oxygens (including phenoxy) is 3. The summed E-state index contributed by atoms with van der Waals surface area (Å²) in [5.41, 5.74) is 0. The molecule has 0 bridgehead atoms. The lowest BCUT2D eigenvalue weighted by atomic mass is 10.1. The third kappa shape index (κ3) is 48.3. The topological polar surface area (TPSA) is 78.9 Å². The monoisotopic (exact) mass is 881 g/mol. The number of carbonyl (C=O) groups excluding carboxylic acids is 3. The molecule has 0 fully saturated rings. The highest BCUT2D eigenvalue weighted by molar-refractivity contribution is 5.71. The predicted molar refractivity (Wildman–Crippen MR) is 274 cm³/mol. The maximum Gasteiger partial charge on any atom is 0.306 e. The molecule has 0 aromatic carbocycles. The van der Waals surface area contributed by atoms with Crippen LogP contribution in [0.2, 0.25) is 0 Å². The summed E-state index contributed by atoms with van der Waals surface area (Å²) in [7, 11) is 0. The van der Waals surface area contributed by atoms with Crippen LogP contribution in [-0.4, -0.2) is 37.2 Å². The van der Waals surface area contributed by atoms with Gasteiger partial charge in [-0.05, 0) is 89.9 Å². The first-order valence-electron chi connectivity index (χ1n) is 25.0. The molecule has 0 aliphatic heterocycles. The fourth-order valence-corrected chi connectivity index (χ4v) is 6.13. The van der Waals surface area contributed by atoms with Crippen molar-refractivity contribution in [2.75, 3.05) is 13.2 Å². The Bertz CT molecular complexity index is 1480. The summed E-state index contributed by atoms with van der Waals surface area (Å²) in [5, 5.41) is 0. The summed E-state index contributed by atoms with van der Waals surface area (Å²) in [6.45, 7) is 6.15. The van der Waals surface area contributed by atoms with Gasteiger partial charge in [-0.25, -0.2) is 0 Å². The maximum atomic E-state index is 12.8. The van der Waals surface area contributed by atoms with Gasteiger partial charge in [0, 0.05) is 19.3 Å². The largest absolute Gasteiger partial charge is 0.462 e. The van der Waals surface area contributed by atoms with Crippen LogP contribution in [0.15, 0.2) is 146 Å². The number of hydrogen-bond donors (Lipinski definition) is 0. The first-order chi connectivity index (χ1) is 31.5. The van der Waals surface area contributed by atoms with E-state index in [1.54, 1.807) is 0 Å². The van der Waals surface area contributed by atoms with Crippen molar-refractivity contribution in [2.24, 2.45) is 0 Å². The summed E-state index contributed by atoms with van der Waals surface area (Å²) in [5.74, 6) is -1.01. The van der Waals surface area contributed by atoms with Crippen molar-refractivity contribution >= 4 is 17.9 Å². The van der Waals surface area contributed by atoms with Gasteiger partial charge in [0.1, 0.15) is 13.2 Å². The second kappa shape index (κ2) is 50.9. The SMILES string of the molecule is CC\C=C/C=C\C=C/C=C\C=C\C=C/CCCCCC(=O)OCC(COC(=O)CCCCCCC\C=C/C=C\C=C/CC)OC(=O)CCCCCCCC/C=C\C/C=C\C/C=C\CC. The van der Waals surface area contributed by atoms with E-state index in [1.165, 1.54) is 12.8 Å². The highest BCUT2D eigenvalue weighted by atomic mass is 16.6. The van der Waals surface area contributed by atoms with Gasteiger partial charge in [-0.15, -0.1) is 0 Å². The van der Waals surface area contributed by atoms with Gasteiger partial charge in [0.25, 0.3) is 0 Å². The molecule has 6 heteroatoms. The average Bonchev–Trinajstić information content (AvgIpc) is 3.29. The number of esters is 3. The second-order valence-electron chi connectivity index (χ2n) is 15.8. The third-order valence-corrected chi connectivity index (χ3v) is 9.79. The Morgan fingerprint density at radius 1 is 0.328 bits per heavy atom. The lowest BCUT2D eigenvalue weighted by Crippen LogP contribution is -2.30. The van der Waals surface area contributed by atoms with Crippen molar-refractivity contribution in [1.82, 2.24) is 0 Å². The number of allylic oxidation sites excluding steroid dienone is 24. The van der Waals surface area contributed by atoms with Gasteiger partial charge in [-0.3, -0.25) is 14.4 Å². The van der Waals surface area contributed by atoms with Crippen molar-refractivity contribution in [1.29, 1.82) is 0 Å². The van der Waals surface area contributed by atoms with Crippen LogP contribution >= 0.6 is 0 Å². The molecular weight excluding hydrogens is 793 g/mol. The van der Waals surface area contributed by atoms with E-state index >= 15 is 0 Å². The summed E-state index contributed by atoms with van der Waals surface area (Å²) in [6.07, 6.45) is 72.5. The third-order valence-electron chi connectivity index (χ3n) is 9.79. The lowest BCUT2D eigenvalue weighted by Gasteiger charge is -2.18. The fourth-order valence-electron chi connectivity index (χ4n) is 6.13. The smallest absolute Gasteiger partial charge is 0.306 e. The van der Waals surface area contributed by atoms with E-state index in [4.69, 9.17) is 14.2 Å². The van der Waals surface area contributed by atoms with Crippen molar-refractivity contribution in [3.63, 3.8) is 0 Å². The van der Waals surface area contributed by atoms with E-state index < -0.39 is 6.10 Å². The molecular formula is C58H88O6. The zero-order valence-corrected chi connectivity index (χ0v) is 40.5. The Balaban J connectivity index is 4.57. The van der Waals surface area contributed by atoms with E-state index in [9.17, 15) is 14.4 Å². The molecule has 0 heterocycles. The van der Waals surface area contributed by atoms with Crippen molar-refractivity contribution in [2.45, 2.75) is 187 Å². The summed E-state index contributed by atoms with van der Waals surface area (Å²) < 4.78 is 16.7. The van der Waals surface area contributed by atoms with Gasteiger partial charge in [-0.1, -0.05) is 218 Å². The summed E-state index contributed by atoms with van der Waals surface area (Å²) in [6, 6.07) is 0. The highest BCUT2D eigenvalue weighted by Crippen LogP contribution is 2.13. The standard InChI is InChI=1S/C58H88O6/c1-4-7-10-13-16-19-22-25-27-29-31-33-36-39-42-45-48-51-57(60)63-54-55(53-62-56(59)50-47-44-41-38-35-32-24-21-18-15-12-9-6-3)64-58(61)52-49-46-43-40-37-34-30-28-26-23-20-17-14-11-8-5-2/h7-13,15-22,24-29,31,33,36,55H,4-6,14,23,30,32,34-35,37-54H2,1-3H3/b10-7-,11-8-,12-9-,16-13-,18-15-,20-17-,22-19-,24-21-,27-25-,28-26-,31-29+,36-33-. The molecule has 0 saturated heterocycles. The molecule has 0 aromatic rings. The van der Waals surface area contributed by atoms with E-state index in [0.29, 0.717) is 19.3 Å². The van der Waals surface area contributed by atoms with Crippen LogP contribution in [0.5, 0.6) is 0 Å². The summed E-state index contributed by atoms with van der Waals surface area (Å²) >= 11 is 0. The zero-order chi connectivity index (χ0) is 46.5. The minimum absolute atomic E-state index is 0.116. The first-order valence-corrected chi connectivity index (χ1v) is 25.0. The Hall–Kier alpha value is -4.71. The molecule has 0 spiro atoms. The Morgan fingerprint density at radius 3 is 1.08 bits per heavy atom. The Morgan fingerprint density at radius 2 is 0.641 bits per heavy atom. The van der Waals surface area contributed by atoms with E-state index in [0.717, 1.165) is 128 Å². The molecule has 64 heavy (non-hydrogen) atoms. The van der Waals surface area contributed by atoms with Crippen LogP contribution in [0.25, 0.3) is 0 Å². The van der Waals surface area contributed by atoms with Crippen molar-refractivity contribution in [3.8, 4) is 0 Å². The molecule has 1 unspecified atom stereocenters. The molecule has 6 nitrogen and oxygen atoms in total.